The van der Waals surface area contributed by atoms with Crippen LogP contribution in [-0.2, 0) is 4.79 Å². The molecular formula is C18H11F3N6O2. The summed E-state index contributed by atoms with van der Waals surface area (Å²) in [6.07, 6.45) is -0.675. The molecule has 29 heavy (non-hydrogen) atoms. The Morgan fingerprint density at radius 2 is 1.83 bits per heavy atom. The maximum absolute atomic E-state index is 12.2. The molecule has 2 aromatic carbocycles. The van der Waals surface area contributed by atoms with E-state index in [0.717, 1.165) is 6.08 Å². The molecule has 0 bridgehead atoms. The molecule has 0 aliphatic rings. The summed E-state index contributed by atoms with van der Waals surface area (Å²) in [5.41, 5.74) is 10.1. The van der Waals surface area contributed by atoms with Crippen LogP contribution < -0.4 is 4.74 Å². The lowest BCUT2D eigenvalue weighted by atomic mass is 10.1. The minimum absolute atomic E-state index is 0.329. The maximum atomic E-state index is 12.2. The van der Waals surface area contributed by atoms with Crippen LogP contribution in [0.4, 0.5) is 13.2 Å². The van der Waals surface area contributed by atoms with Crippen LogP contribution in [0.5, 0.6) is 5.75 Å². The van der Waals surface area contributed by atoms with Crippen molar-refractivity contribution in [1.82, 2.24) is 14.8 Å². The minimum atomic E-state index is -4.75. The molecule has 0 saturated carbocycles. The number of aromatic nitrogens is 3. The van der Waals surface area contributed by atoms with Gasteiger partial charge in [-0.3, -0.25) is 4.79 Å². The van der Waals surface area contributed by atoms with Crippen molar-refractivity contribution in [3.8, 4) is 22.8 Å². The maximum Gasteiger partial charge on any atom is 0.573 e. The summed E-state index contributed by atoms with van der Waals surface area (Å²) >= 11 is 0. The van der Waals surface area contributed by atoms with Gasteiger partial charge in [-0.2, -0.15) is 0 Å². The molecule has 1 aromatic heterocycles. The smallest absolute Gasteiger partial charge is 0.406 e. The minimum Gasteiger partial charge on any atom is -0.406 e. The van der Waals surface area contributed by atoms with Crippen molar-refractivity contribution in [2.75, 3.05) is 0 Å². The Bertz CT molecular complexity index is 1080. The molecular weight excluding hydrogens is 389 g/mol. The van der Waals surface area contributed by atoms with Gasteiger partial charge in [0, 0.05) is 10.5 Å². The van der Waals surface area contributed by atoms with Crippen LogP contribution in [0.3, 0.4) is 0 Å². The van der Waals surface area contributed by atoms with Crippen molar-refractivity contribution in [1.29, 1.82) is 0 Å². The summed E-state index contributed by atoms with van der Waals surface area (Å²) in [7, 11) is 0. The number of hydrogen-bond donors (Lipinski definition) is 0. The largest absolute Gasteiger partial charge is 0.573 e. The summed E-state index contributed by atoms with van der Waals surface area (Å²) in [4.78, 5) is 17.7. The fourth-order valence-electron chi connectivity index (χ4n) is 2.31. The van der Waals surface area contributed by atoms with E-state index in [1.54, 1.807) is 24.3 Å². The zero-order valence-electron chi connectivity index (χ0n) is 14.5. The lowest BCUT2D eigenvalue weighted by Crippen LogP contribution is -2.17. The Morgan fingerprint density at radius 1 is 1.14 bits per heavy atom. The monoisotopic (exact) mass is 400 g/mol. The van der Waals surface area contributed by atoms with Gasteiger partial charge in [0.2, 0.25) is 5.91 Å². The molecule has 3 aromatic rings. The third-order valence-electron chi connectivity index (χ3n) is 3.56. The molecule has 1 amide bonds. The number of amides is 1. The van der Waals surface area contributed by atoms with E-state index in [1.165, 1.54) is 41.4 Å². The van der Waals surface area contributed by atoms with E-state index in [4.69, 9.17) is 5.53 Å². The van der Waals surface area contributed by atoms with Crippen LogP contribution in [0.15, 0.2) is 66.0 Å². The predicted molar refractivity (Wildman–Crippen MR) is 96.7 cm³/mol. The van der Waals surface area contributed by atoms with E-state index in [2.05, 4.69) is 24.8 Å². The second-order valence-electron chi connectivity index (χ2n) is 5.54. The van der Waals surface area contributed by atoms with E-state index >= 15 is 0 Å². The lowest BCUT2D eigenvalue weighted by Gasteiger charge is -2.09. The summed E-state index contributed by atoms with van der Waals surface area (Å²) < 4.78 is 41.9. The van der Waals surface area contributed by atoms with E-state index in [1.807, 2.05) is 0 Å². The van der Waals surface area contributed by atoms with Crippen LogP contribution in [-0.4, -0.2) is 27.0 Å². The van der Waals surface area contributed by atoms with Crippen LogP contribution in [0.25, 0.3) is 33.6 Å². The number of ether oxygens (including phenoxy) is 1. The molecule has 0 unspecified atom stereocenters. The Balaban J connectivity index is 1.73. The molecule has 0 spiro atoms. The number of hydrogen-bond acceptors (Lipinski definition) is 4. The van der Waals surface area contributed by atoms with Gasteiger partial charge in [-0.1, -0.05) is 30.3 Å². The average Bonchev–Trinajstić information content (AvgIpc) is 3.16. The Morgan fingerprint density at radius 3 is 2.45 bits per heavy atom. The molecule has 0 fully saturated rings. The first-order valence-electron chi connectivity index (χ1n) is 7.99. The van der Waals surface area contributed by atoms with Crippen LogP contribution in [0.2, 0.25) is 0 Å². The number of carbonyl (C=O) groups excluding carboxylic acids is 1. The van der Waals surface area contributed by atoms with E-state index < -0.39 is 12.3 Å². The first-order valence-corrected chi connectivity index (χ1v) is 7.99. The van der Waals surface area contributed by atoms with Crippen LogP contribution in [0, 0.1) is 0 Å². The molecule has 11 heteroatoms. The van der Waals surface area contributed by atoms with Gasteiger partial charge >= 0.3 is 6.36 Å². The number of rotatable bonds is 5. The van der Waals surface area contributed by atoms with Crippen LogP contribution >= 0.6 is 0 Å². The van der Waals surface area contributed by atoms with Crippen molar-refractivity contribution in [2.24, 2.45) is 5.11 Å². The van der Waals surface area contributed by atoms with Crippen molar-refractivity contribution in [2.45, 2.75) is 6.36 Å². The number of alkyl halides is 3. The first kappa shape index (κ1) is 19.6. The lowest BCUT2D eigenvalue weighted by molar-refractivity contribution is -0.274. The van der Waals surface area contributed by atoms with Crippen molar-refractivity contribution in [3.63, 3.8) is 0 Å². The van der Waals surface area contributed by atoms with Gasteiger partial charge in [0.25, 0.3) is 0 Å². The van der Waals surface area contributed by atoms with Gasteiger partial charge in [-0.05, 0) is 46.6 Å². The van der Waals surface area contributed by atoms with E-state index in [9.17, 15) is 18.0 Å². The van der Waals surface area contributed by atoms with Crippen molar-refractivity contribution < 1.29 is 22.7 Å². The zero-order chi connectivity index (χ0) is 20.9. The predicted octanol–water partition coefficient (Wildman–Crippen LogP) is 4.68. The van der Waals surface area contributed by atoms with Crippen LogP contribution in [0.1, 0.15) is 5.56 Å². The number of benzene rings is 2. The SMILES string of the molecule is [N-]=[N+]=NC(=O)/C=C/c1ccc(-c2ncn(-c3ccc(OC(F)(F)F)cc3)n2)cc1. The molecule has 0 radical (unpaired) electrons. The van der Waals surface area contributed by atoms with Gasteiger partial charge < -0.3 is 4.74 Å². The van der Waals surface area contributed by atoms with Crippen molar-refractivity contribution >= 4 is 12.0 Å². The Hall–Kier alpha value is -4.11. The summed E-state index contributed by atoms with van der Waals surface area (Å²) in [6.45, 7) is 0. The highest BCUT2D eigenvalue weighted by atomic mass is 19.4. The summed E-state index contributed by atoms with van der Waals surface area (Å²) in [6, 6.07) is 12.1. The quantitative estimate of drug-likeness (QED) is 0.268. The fraction of sp³-hybridized carbons (Fsp3) is 0.0556. The fourth-order valence-corrected chi connectivity index (χ4v) is 2.31. The third kappa shape index (κ3) is 5.44. The normalized spacial score (nSPS) is 11.3. The zero-order valence-corrected chi connectivity index (χ0v) is 14.5. The second-order valence-corrected chi connectivity index (χ2v) is 5.54. The molecule has 8 nitrogen and oxygen atoms in total. The van der Waals surface area contributed by atoms with E-state index in [0.29, 0.717) is 22.6 Å². The van der Waals surface area contributed by atoms with Gasteiger partial charge in [0.05, 0.1) is 5.69 Å². The number of azide groups is 1. The highest BCUT2D eigenvalue weighted by Crippen LogP contribution is 2.24. The molecule has 1 heterocycles. The summed E-state index contributed by atoms with van der Waals surface area (Å²) in [5.74, 6) is -0.630. The Labute approximate surface area is 161 Å². The van der Waals surface area contributed by atoms with Gasteiger partial charge in [-0.25, -0.2) is 9.67 Å². The molecule has 0 aliphatic carbocycles. The topological polar surface area (TPSA) is 106 Å². The molecule has 146 valence electrons. The highest BCUT2D eigenvalue weighted by molar-refractivity contribution is 5.92. The highest BCUT2D eigenvalue weighted by Gasteiger charge is 2.30. The second kappa shape index (κ2) is 8.28. The van der Waals surface area contributed by atoms with E-state index in [-0.39, 0.29) is 5.75 Å². The summed E-state index contributed by atoms with van der Waals surface area (Å²) in [5, 5.41) is 7.23. The molecule has 0 N–H and O–H groups in total. The molecule has 0 atom stereocenters. The average molecular weight is 400 g/mol. The van der Waals surface area contributed by atoms with Gasteiger partial charge in [0.15, 0.2) is 5.82 Å². The molecule has 0 aliphatic heterocycles. The third-order valence-corrected chi connectivity index (χ3v) is 3.56. The van der Waals surface area contributed by atoms with Gasteiger partial charge in [-0.15, -0.1) is 18.3 Å². The number of nitrogens with zero attached hydrogens (tertiary/aromatic N) is 6. The standard InChI is InChI=1S/C18H11F3N6O2/c19-18(20,21)29-15-8-6-14(7-9-15)27-11-23-17(25-27)13-4-1-12(2-5-13)3-10-16(28)24-26-22/h1-11H/b10-3+. The number of halogens is 3. The Kier molecular flexibility index (Phi) is 5.61. The van der Waals surface area contributed by atoms with Gasteiger partial charge in [0.1, 0.15) is 12.1 Å². The number of carbonyl (C=O) groups is 1. The molecule has 0 saturated heterocycles. The first-order chi connectivity index (χ1) is 13.8. The molecule has 3 rings (SSSR count). The van der Waals surface area contributed by atoms with Crippen molar-refractivity contribution in [3.05, 3.63) is 76.9 Å².